The highest BCUT2D eigenvalue weighted by Crippen LogP contribution is 2.24. The Labute approximate surface area is 94.1 Å². The zero-order valence-corrected chi connectivity index (χ0v) is 9.49. The van der Waals surface area contributed by atoms with Crippen molar-refractivity contribution in [3.8, 4) is 5.75 Å². The molecule has 14 heavy (non-hydrogen) atoms. The zero-order valence-electron chi connectivity index (χ0n) is 7.14. The van der Waals surface area contributed by atoms with Gasteiger partial charge in [-0.25, -0.2) is 8.78 Å². The maximum absolute atomic E-state index is 11.8. The van der Waals surface area contributed by atoms with Crippen molar-refractivity contribution in [3.63, 3.8) is 0 Å². The monoisotopic (exact) mass is 284 g/mol. The topological polar surface area (TPSA) is 9.23 Å². The van der Waals surface area contributed by atoms with Gasteiger partial charge in [0.2, 0.25) is 0 Å². The van der Waals surface area contributed by atoms with E-state index < -0.39 is 13.0 Å². The summed E-state index contributed by atoms with van der Waals surface area (Å²) in [4.78, 5) is 0. The third-order valence-electron chi connectivity index (χ3n) is 1.54. The van der Waals surface area contributed by atoms with E-state index in [0.29, 0.717) is 11.6 Å². The summed E-state index contributed by atoms with van der Waals surface area (Å²) in [5, 5.41) is 0. The lowest BCUT2D eigenvalue weighted by atomic mass is 10.2. The van der Waals surface area contributed by atoms with Crippen LogP contribution in [0.15, 0.2) is 22.7 Å². The number of hydrogen-bond donors (Lipinski definition) is 0. The molecule has 78 valence electrons. The average molecular weight is 286 g/mol. The molecule has 1 aromatic rings. The predicted octanol–water partition coefficient (Wildman–Crippen LogP) is 3.83. The minimum atomic E-state index is -2.46. The molecule has 0 N–H and O–H groups in total. The first-order valence-electron chi connectivity index (χ1n) is 3.89. The lowest BCUT2D eigenvalue weighted by Gasteiger charge is -2.07. The number of benzene rings is 1. The van der Waals surface area contributed by atoms with E-state index in [0.717, 1.165) is 10.0 Å². The Bertz CT molecular complexity index is 307. The molecule has 0 atom stereocenters. The number of ether oxygens (including phenoxy) is 1. The van der Waals surface area contributed by atoms with Gasteiger partial charge in [0.25, 0.3) is 6.43 Å². The molecule has 0 spiro atoms. The largest absolute Gasteiger partial charge is 0.488 e. The van der Waals surface area contributed by atoms with E-state index in [4.69, 9.17) is 16.3 Å². The van der Waals surface area contributed by atoms with Crippen molar-refractivity contribution in [3.05, 3.63) is 28.2 Å². The van der Waals surface area contributed by atoms with Crippen LogP contribution in [0.25, 0.3) is 0 Å². The van der Waals surface area contributed by atoms with Crippen LogP contribution in [0.4, 0.5) is 8.78 Å². The van der Waals surface area contributed by atoms with Crippen LogP contribution in [0, 0.1) is 0 Å². The summed E-state index contributed by atoms with van der Waals surface area (Å²) in [7, 11) is 0. The van der Waals surface area contributed by atoms with Crippen molar-refractivity contribution >= 4 is 27.5 Å². The molecule has 0 amide bonds. The fourth-order valence-electron chi connectivity index (χ4n) is 0.903. The molecular weight excluding hydrogens is 277 g/mol. The summed E-state index contributed by atoms with van der Waals surface area (Å²) in [6, 6.07) is 4.97. The van der Waals surface area contributed by atoms with E-state index in [9.17, 15) is 8.78 Å². The second-order valence-corrected chi connectivity index (χ2v) is 3.71. The molecule has 0 aromatic heterocycles. The smallest absolute Gasteiger partial charge is 0.272 e. The Morgan fingerprint density at radius 2 is 2.14 bits per heavy atom. The Balaban J connectivity index is 2.69. The van der Waals surface area contributed by atoms with Gasteiger partial charge in [-0.05, 0) is 23.8 Å². The number of halogens is 4. The third kappa shape index (κ3) is 3.42. The van der Waals surface area contributed by atoms with Crippen molar-refractivity contribution < 1.29 is 13.5 Å². The summed E-state index contributed by atoms with van der Waals surface area (Å²) in [6.45, 7) is -0.594. The molecule has 0 radical (unpaired) electrons. The first-order valence-corrected chi connectivity index (χ1v) is 5.21. The molecule has 5 heteroatoms. The molecular formula is C9H8BrClF2O. The van der Waals surface area contributed by atoms with Crippen molar-refractivity contribution in [2.24, 2.45) is 0 Å². The molecule has 0 fully saturated rings. The lowest BCUT2D eigenvalue weighted by Crippen LogP contribution is -2.07. The second-order valence-electron chi connectivity index (χ2n) is 2.59. The lowest BCUT2D eigenvalue weighted by molar-refractivity contribution is 0.0818. The third-order valence-corrected chi connectivity index (χ3v) is 2.60. The summed E-state index contributed by atoms with van der Waals surface area (Å²) >= 11 is 8.92. The van der Waals surface area contributed by atoms with E-state index in [1.165, 1.54) is 0 Å². The first kappa shape index (κ1) is 11.7. The second kappa shape index (κ2) is 5.51. The van der Waals surface area contributed by atoms with Gasteiger partial charge in [0.05, 0.1) is 0 Å². The average Bonchev–Trinajstić information content (AvgIpc) is 2.16. The number of alkyl halides is 3. The van der Waals surface area contributed by atoms with Gasteiger partial charge >= 0.3 is 0 Å². The minimum absolute atomic E-state index is 0.312. The molecule has 0 heterocycles. The fourth-order valence-corrected chi connectivity index (χ4v) is 1.67. The highest BCUT2D eigenvalue weighted by Gasteiger charge is 2.05. The van der Waals surface area contributed by atoms with Crippen LogP contribution in [-0.2, 0) is 5.88 Å². The molecule has 0 aliphatic rings. The van der Waals surface area contributed by atoms with Gasteiger partial charge in [0, 0.05) is 10.4 Å². The van der Waals surface area contributed by atoms with Crippen LogP contribution in [-0.4, -0.2) is 13.0 Å². The van der Waals surface area contributed by atoms with E-state index >= 15 is 0 Å². The Morgan fingerprint density at radius 3 is 2.71 bits per heavy atom. The summed E-state index contributed by atoms with van der Waals surface area (Å²) < 4.78 is 29.3. The standard InChI is InChI=1S/C9H8BrClF2O/c10-8-2-1-7(3-6(8)4-11)14-5-9(12)13/h1-3,9H,4-5H2. The number of hydrogen-bond acceptors (Lipinski definition) is 1. The van der Waals surface area contributed by atoms with Gasteiger partial charge in [0.1, 0.15) is 12.4 Å². The van der Waals surface area contributed by atoms with Crippen LogP contribution in [0.3, 0.4) is 0 Å². The van der Waals surface area contributed by atoms with Gasteiger partial charge in [-0.15, -0.1) is 11.6 Å². The van der Waals surface area contributed by atoms with E-state index in [1.54, 1.807) is 18.2 Å². The maximum Gasteiger partial charge on any atom is 0.272 e. The minimum Gasteiger partial charge on any atom is -0.488 e. The highest BCUT2D eigenvalue weighted by molar-refractivity contribution is 9.10. The first-order chi connectivity index (χ1) is 6.63. The van der Waals surface area contributed by atoms with Gasteiger partial charge in [-0.3, -0.25) is 0 Å². The molecule has 0 bridgehead atoms. The van der Waals surface area contributed by atoms with Gasteiger partial charge in [-0.2, -0.15) is 0 Å². The van der Waals surface area contributed by atoms with E-state index in [1.807, 2.05) is 0 Å². The Hall–Kier alpha value is -0.350. The van der Waals surface area contributed by atoms with Crippen molar-refractivity contribution in [1.82, 2.24) is 0 Å². The summed E-state index contributed by atoms with van der Waals surface area (Å²) in [5.74, 6) is 0.719. The zero-order chi connectivity index (χ0) is 10.6. The maximum atomic E-state index is 11.8. The molecule has 1 aromatic carbocycles. The van der Waals surface area contributed by atoms with Crippen LogP contribution in [0.2, 0.25) is 0 Å². The molecule has 0 aliphatic heterocycles. The van der Waals surface area contributed by atoms with E-state index in [2.05, 4.69) is 15.9 Å². The quantitative estimate of drug-likeness (QED) is 0.764. The fraction of sp³-hybridized carbons (Fsp3) is 0.333. The van der Waals surface area contributed by atoms with Crippen molar-refractivity contribution in [2.45, 2.75) is 12.3 Å². The van der Waals surface area contributed by atoms with Crippen LogP contribution in [0.5, 0.6) is 5.75 Å². The summed E-state index contributed by atoms with van der Waals surface area (Å²) in [5.41, 5.74) is 0.818. The molecule has 0 saturated carbocycles. The van der Waals surface area contributed by atoms with Crippen LogP contribution in [0.1, 0.15) is 5.56 Å². The van der Waals surface area contributed by atoms with Crippen molar-refractivity contribution in [2.75, 3.05) is 6.61 Å². The Morgan fingerprint density at radius 1 is 1.43 bits per heavy atom. The van der Waals surface area contributed by atoms with Gasteiger partial charge in [-0.1, -0.05) is 15.9 Å². The summed E-state index contributed by atoms with van der Waals surface area (Å²) in [6.07, 6.45) is -2.46. The molecule has 1 rings (SSSR count). The predicted molar refractivity (Wildman–Crippen MR) is 55.2 cm³/mol. The molecule has 0 saturated heterocycles. The SMILES string of the molecule is FC(F)COc1ccc(Br)c(CCl)c1. The van der Waals surface area contributed by atoms with Gasteiger partial charge < -0.3 is 4.74 Å². The highest BCUT2D eigenvalue weighted by atomic mass is 79.9. The van der Waals surface area contributed by atoms with Crippen LogP contribution < -0.4 is 4.74 Å². The van der Waals surface area contributed by atoms with Crippen LogP contribution >= 0.6 is 27.5 Å². The molecule has 0 aliphatic carbocycles. The number of rotatable bonds is 4. The van der Waals surface area contributed by atoms with Gasteiger partial charge in [0.15, 0.2) is 0 Å². The van der Waals surface area contributed by atoms with E-state index in [-0.39, 0.29) is 0 Å². The normalized spacial score (nSPS) is 10.6. The van der Waals surface area contributed by atoms with Crippen molar-refractivity contribution in [1.29, 1.82) is 0 Å². The Kier molecular flexibility index (Phi) is 4.62. The molecule has 1 nitrogen and oxygen atoms in total. The molecule has 0 unspecified atom stereocenters.